The number of fused-ring (bicyclic) bond motifs is 1. The summed E-state index contributed by atoms with van der Waals surface area (Å²) in [4.78, 5) is 12.1. The Kier molecular flexibility index (Phi) is 3.15. The van der Waals surface area contributed by atoms with Crippen molar-refractivity contribution in [3.63, 3.8) is 0 Å². The first-order valence-electron chi connectivity index (χ1n) is 5.30. The summed E-state index contributed by atoms with van der Waals surface area (Å²) in [7, 11) is 0. The van der Waals surface area contributed by atoms with Crippen molar-refractivity contribution in [2.75, 3.05) is 0 Å². The molecule has 0 fully saturated rings. The molecule has 0 spiro atoms. The van der Waals surface area contributed by atoms with Crippen LogP contribution in [0, 0.1) is 5.41 Å². The summed E-state index contributed by atoms with van der Waals surface area (Å²) in [5.41, 5.74) is -0.743. The van der Waals surface area contributed by atoms with Gasteiger partial charge in [-0.3, -0.25) is 4.79 Å². The van der Waals surface area contributed by atoms with Gasteiger partial charge in [-0.05, 0) is 38.5 Å². The van der Waals surface area contributed by atoms with E-state index in [9.17, 15) is 4.79 Å². The van der Waals surface area contributed by atoms with Crippen LogP contribution >= 0.6 is 22.9 Å². The number of hydrogen-bond donors (Lipinski definition) is 1. The van der Waals surface area contributed by atoms with Gasteiger partial charge in [-0.15, -0.1) is 11.3 Å². The van der Waals surface area contributed by atoms with E-state index in [1.165, 1.54) is 0 Å². The molecule has 4 heteroatoms. The van der Waals surface area contributed by atoms with Gasteiger partial charge >= 0.3 is 5.97 Å². The predicted octanol–water partition coefficient (Wildman–Crippen LogP) is 4.21. The van der Waals surface area contributed by atoms with Crippen LogP contribution in [0.3, 0.4) is 0 Å². The largest absolute Gasteiger partial charge is 0.481 e. The number of rotatable bonds is 3. The molecule has 0 aliphatic carbocycles. The third-order valence-electron chi connectivity index (χ3n) is 2.75. The van der Waals surface area contributed by atoms with Crippen LogP contribution in [0.1, 0.15) is 18.7 Å². The molecule has 0 aliphatic heterocycles. The summed E-state index contributed by atoms with van der Waals surface area (Å²) >= 11 is 7.70. The van der Waals surface area contributed by atoms with E-state index in [-0.39, 0.29) is 0 Å². The van der Waals surface area contributed by atoms with Crippen LogP contribution in [0.25, 0.3) is 10.1 Å². The quantitative estimate of drug-likeness (QED) is 0.905. The minimum absolute atomic E-state index is 0.526. The molecule has 1 aromatic carbocycles. The maximum absolute atomic E-state index is 11.1. The van der Waals surface area contributed by atoms with Gasteiger partial charge in [-0.2, -0.15) is 0 Å². The molecular formula is C13H13ClO2S. The molecule has 2 nitrogen and oxygen atoms in total. The maximum atomic E-state index is 11.1. The Bertz CT molecular complexity index is 572. The highest BCUT2D eigenvalue weighted by molar-refractivity contribution is 7.19. The van der Waals surface area contributed by atoms with Crippen molar-refractivity contribution in [2.45, 2.75) is 20.3 Å². The molecule has 1 heterocycles. The van der Waals surface area contributed by atoms with Gasteiger partial charge in [0.05, 0.1) is 5.41 Å². The zero-order chi connectivity index (χ0) is 12.6. The normalized spacial score (nSPS) is 11.9. The van der Waals surface area contributed by atoms with E-state index in [1.807, 2.05) is 24.3 Å². The SMILES string of the molecule is CC(C)(Cc1cc2c(Cl)cccc2s1)C(=O)O. The van der Waals surface area contributed by atoms with Gasteiger partial charge in [0.25, 0.3) is 0 Å². The highest BCUT2D eigenvalue weighted by Gasteiger charge is 2.28. The number of carboxylic acids is 1. The summed E-state index contributed by atoms with van der Waals surface area (Å²) in [5, 5.41) is 10.8. The van der Waals surface area contributed by atoms with Crippen molar-refractivity contribution in [3.05, 3.63) is 34.2 Å². The lowest BCUT2D eigenvalue weighted by Crippen LogP contribution is -2.25. The van der Waals surface area contributed by atoms with Crippen LogP contribution in [0.2, 0.25) is 5.02 Å². The van der Waals surface area contributed by atoms with Crippen LogP contribution in [0.4, 0.5) is 0 Å². The first-order chi connectivity index (χ1) is 7.90. The summed E-state index contributed by atoms with van der Waals surface area (Å²) in [6.45, 7) is 3.47. The van der Waals surface area contributed by atoms with E-state index in [0.29, 0.717) is 6.42 Å². The lowest BCUT2D eigenvalue weighted by atomic mass is 9.89. The minimum Gasteiger partial charge on any atom is -0.481 e. The third kappa shape index (κ3) is 2.45. The fourth-order valence-electron chi connectivity index (χ4n) is 1.68. The molecule has 0 unspecified atom stereocenters. The molecule has 1 aromatic heterocycles. The van der Waals surface area contributed by atoms with Crippen LogP contribution in [-0.4, -0.2) is 11.1 Å². The molecular weight excluding hydrogens is 256 g/mol. The molecule has 0 atom stereocenters. The van der Waals surface area contributed by atoms with Crippen LogP contribution < -0.4 is 0 Å². The monoisotopic (exact) mass is 268 g/mol. The molecule has 0 saturated carbocycles. The van der Waals surface area contributed by atoms with Gasteiger partial charge < -0.3 is 5.11 Å². The number of aliphatic carboxylic acids is 1. The molecule has 2 aromatic rings. The van der Waals surface area contributed by atoms with E-state index in [1.54, 1.807) is 25.2 Å². The molecule has 90 valence electrons. The number of carboxylic acid groups (broad SMARTS) is 1. The smallest absolute Gasteiger partial charge is 0.309 e. The molecule has 2 rings (SSSR count). The summed E-state index contributed by atoms with van der Waals surface area (Å²) in [6.07, 6.45) is 0.526. The average Bonchev–Trinajstić information content (AvgIpc) is 2.60. The van der Waals surface area contributed by atoms with Crippen LogP contribution in [-0.2, 0) is 11.2 Å². The standard InChI is InChI=1S/C13H13ClO2S/c1-13(2,12(15)16)7-8-6-9-10(14)4-3-5-11(9)17-8/h3-6H,7H2,1-2H3,(H,15,16). The lowest BCUT2D eigenvalue weighted by molar-refractivity contribution is -0.146. The highest BCUT2D eigenvalue weighted by atomic mass is 35.5. The maximum Gasteiger partial charge on any atom is 0.309 e. The first kappa shape index (κ1) is 12.4. The number of benzene rings is 1. The Morgan fingerprint density at radius 2 is 2.18 bits per heavy atom. The summed E-state index contributed by atoms with van der Waals surface area (Å²) in [5.74, 6) is -0.777. The fourth-order valence-corrected chi connectivity index (χ4v) is 3.28. The van der Waals surface area contributed by atoms with Gasteiger partial charge in [0.15, 0.2) is 0 Å². The van der Waals surface area contributed by atoms with Crippen LogP contribution in [0.15, 0.2) is 24.3 Å². The Labute approximate surface area is 109 Å². The van der Waals surface area contributed by atoms with Crippen molar-refractivity contribution >= 4 is 39.0 Å². The van der Waals surface area contributed by atoms with Gasteiger partial charge in [-0.25, -0.2) is 0 Å². The van der Waals surface area contributed by atoms with Gasteiger partial charge in [-0.1, -0.05) is 17.7 Å². The number of carbonyl (C=O) groups is 1. The summed E-state index contributed by atoms with van der Waals surface area (Å²) in [6, 6.07) is 7.76. The van der Waals surface area contributed by atoms with E-state index >= 15 is 0 Å². The number of hydrogen-bond acceptors (Lipinski definition) is 2. The zero-order valence-electron chi connectivity index (χ0n) is 9.66. The fraction of sp³-hybridized carbons (Fsp3) is 0.308. The van der Waals surface area contributed by atoms with E-state index in [0.717, 1.165) is 20.0 Å². The van der Waals surface area contributed by atoms with E-state index < -0.39 is 11.4 Å². The topological polar surface area (TPSA) is 37.3 Å². The first-order valence-corrected chi connectivity index (χ1v) is 6.50. The van der Waals surface area contributed by atoms with Crippen molar-refractivity contribution in [2.24, 2.45) is 5.41 Å². The number of halogens is 1. The molecule has 0 bridgehead atoms. The zero-order valence-corrected chi connectivity index (χ0v) is 11.2. The average molecular weight is 269 g/mol. The van der Waals surface area contributed by atoms with Crippen molar-refractivity contribution in [3.8, 4) is 0 Å². The Morgan fingerprint density at radius 3 is 2.76 bits per heavy atom. The Morgan fingerprint density at radius 1 is 1.47 bits per heavy atom. The van der Waals surface area contributed by atoms with Gasteiger partial charge in [0.1, 0.15) is 0 Å². The lowest BCUT2D eigenvalue weighted by Gasteiger charge is -2.17. The molecule has 0 saturated heterocycles. The highest BCUT2D eigenvalue weighted by Crippen LogP contribution is 2.34. The van der Waals surface area contributed by atoms with Crippen molar-refractivity contribution in [1.82, 2.24) is 0 Å². The Balaban J connectivity index is 2.38. The van der Waals surface area contributed by atoms with Gasteiger partial charge in [0.2, 0.25) is 0 Å². The molecule has 0 radical (unpaired) electrons. The third-order valence-corrected chi connectivity index (χ3v) is 4.18. The predicted molar refractivity (Wildman–Crippen MR) is 72.0 cm³/mol. The van der Waals surface area contributed by atoms with Crippen molar-refractivity contribution in [1.29, 1.82) is 0 Å². The Hall–Kier alpha value is -1.06. The minimum atomic E-state index is -0.777. The second-order valence-corrected chi connectivity index (χ2v) is 6.31. The second-order valence-electron chi connectivity index (χ2n) is 4.73. The summed E-state index contributed by atoms with van der Waals surface area (Å²) < 4.78 is 1.11. The van der Waals surface area contributed by atoms with Crippen LogP contribution in [0.5, 0.6) is 0 Å². The molecule has 17 heavy (non-hydrogen) atoms. The number of thiophene rings is 1. The molecule has 1 N–H and O–H groups in total. The molecule has 0 amide bonds. The molecule has 0 aliphatic rings. The van der Waals surface area contributed by atoms with E-state index in [2.05, 4.69) is 0 Å². The van der Waals surface area contributed by atoms with E-state index in [4.69, 9.17) is 16.7 Å². The van der Waals surface area contributed by atoms with Crippen molar-refractivity contribution < 1.29 is 9.90 Å². The second kappa shape index (κ2) is 4.31. The van der Waals surface area contributed by atoms with Gasteiger partial charge in [0, 0.05) is 20.0 Å².